The number of hydrogen-bond donors (Lipinski definition) is 3. The van der Waals surface area contributed by atoms with Crippen LogP contribution in [0.5, 0.6) is 0 Å². The summed E-state index contributed by atoms with van der Waals surface area (Å²) in [5, 5.41) is 4.64. The van der Waals surface area contributed by atoms with Crippen molar-refractivity contribution in [3.63, 3.8) is 0 Å². The van der Waals surface area contributed by atoms with Gasteiger partial charge in [0.15, 0.2) is 0 Å². The molecule has 3 N–H and O–H groups in total. The predicted octanol–water partition coefficient (Wildman–Crippen LogP) is 0.915. The fourth-order valence-electron chi connectivity index (χ4n) is 1.74. The molecule has 1 amide bonds. The zero-order valence-corrected chi connectivity index (χ0v) is 15.6. The van der Waals surface area contributed by atoms with E-state index in [1.165, 1.54) is 18.2 Å². The summed E-state index contributed by atoms with van der Waals surface area (Å²) in [5.41, 5.74) is -0.176. The second kappa shape index (κ2) is 11.3. The van der Waals surface area contributed by atoms with Gasteiger partial charge in [0, 0.05) is 32.3 Å². The molecule has 0 radical (unpaired) electrons. The van der Waals surface area contributed by atoms with Crippen LogP contribution >= 0.6 is 12.4 Å². The third-order valence-electron chi connectivity index (χ3n) is 2.93. The second-order valence-electron chi connectivity index (χ2n) is 4.97. The lowest BCUT2D eigenvalue weighted by Crippen LogP contribution is -2.34. The summed E-state index contributed by atoms with van der Waals surface area (Å²) in [4.78, 5) is 11.5. The number of carbonyl (C=O) groups excluding carboxylic acids is 1. The Morgan fingerprint density at radius 2 is 1.88 bits per heavy atom. The summed E-state index contributed by atoms with van der Waals surface area (Å²) in [6.45, 7) is 0.0357. The maximum Gasteiger partial charge on any atom is 0.405 e. The van der Waals surface area contributed by atoms with E-state index in [1.807, 2.05) is 0 Å². The maximum absolute atomic E-state index is 12.1. The highest BCUT2D eigenvalue weighted by Gasteiger charge is 2.28. The van der Waals surface area contributed by atoms with Crippen molar-refractivity contribution in [1.29, 1.82) is 0 Å². The van der Waals surface area contributed by atoms with E-state index in [4.69, 9.17) is 4.74 Å². The number of nitrogens with one attached hydrogen (secondary N) is 3. The molecule has 0 aliphatic heterocycles. The predicted molar refractivity (Wildman–Crippen MR) is 92.0 cm³/mol. The van der Waals surface area contributed by atoms with Gasteiger partial charge < -0.3 is 15.4 Å². The maximum atomic E-state index is 12.1. The summed E-state index contributed by atoms with van der Waals surface area (Å²) in [6, 6.07) is 4.79. The molecule has 0 fully saturated rings. The van der Waals surface area contributed by atoms with E-state index in [-0.39, 0.29) is 29.4 Å². The van der Waals surface area contributed by atoms with Gasteiger partial charge in [-0.1, -0.05) is 6.07 Å². The first kappa shape index (κ1) is 24.6. The molecule has 0 spiro atoms. The number of benzene rings is 1. The van der Waals surface area contributed by atoms with Crippen LogP contribution in [-0.4, -0.2) is 60.4 Å². The van der Waals surface area contributed by atoms with Crippen LogP contribution < -0.4 is 15.4 Å². The molecule has 12 heteroatoms. The highest BCUT2D eigenvalue weighted by atomic mass is 35.5. The normalized spacial score (nSPS) is 11.7. The SMILES string of the molecule is COCCNCCNS(=O)(=O)c1cccc(C(=O)NCC(F)(F)F)c1.Cl. The van der Waals surface area contributed by atoms with Crippen molar-refractivity contribution in [2.24, 2.45) is 0 Å². The molecule has 7 nitrogen and oxygen atoms in total. The minimum atomic E-state index is -4.54. The molecule has 0 aliphatic carbocycles. The van der Waals surface area contributed by atoms with E-state index in [2.05, 4.69) is 10.0 Å². The third kappa shape index (κ3) is 9.34. The smallest absolute Gasteiger partial charge is 0.383 e. The van der Waals surface area contributed by atoms with Crippen molar-refractivity contribution in [2.45, 2.75) is 11.1 Å². The lowest BCUT2D eigenvalue weighted by atomic mass is 10.2. The van der Waals surface area contributed by atoms with E-state index >= 15 is 0 Å². The summed E-state index contributed by atoms with van der Waals surface area (Å²) in [6.07, 6.45) is -4.54. The average molecular weight is 420 g/mol. The van der Waals surface area contributed by atoms with Gasteiger partial charge in [-0.25, -0.2) is 13.1 Å². The lowest BCUT2D eigenvalue weighted by molar-refractivity contribution is -0.123. The number of halogens is 4. The molecule has 26 heavy (non-hydrogen) atoms. The number of amides is 1. The minimum absolute atomic E-state index is 0. The number of rotatable bonds is 10. The van der Waals surface area contributed by atoms with Gasteiger partial charge in [0.05, 0.1) is 11.5 Å². The van der Waals surface area contributed by atoms with Gasteiger partial charge in [-0.2, -0.15) is 13.2 Å². The van der Waals surface area contributed by atoms with E-state index in [1.54, 1.807) is 12.4 Å². The first-order chi connectivity index (χ1) is 11.7. The molecule has 0 bridgehead atoms. The van der Waals surface area contributed by atoms with Crippen LogP contribution in [0.3, 0.4) is 0 Å². The Balaban J connectivity index is 0.00000625. The minimum Gasteiger partial charge on any atom is -0.383 e. The summed E-state index contributed by atoms with van der Waals surface area (Å²) < 4.78 is 67.8. The van der Waals surface area contributed by atoms with Crippen LogP contribution in [-0.2, 0) is 14.8 Å². The van der Waals surface area contributed by atoms with Crippen molar-refractivity contribution >= 4 is 28.3 Å². The molecule has 0 atom stereocenters. The molecule has 0 unspecified atom stereocenters. The van der Waals surface area contributed by atoms with Crippen molar-refractivity contribution in [1.82, 2.24) is 15.4 Å². The van der Waals surface area contributed by atoms with Crippen molar-refractivity contribution in [2.75, 3.05) is 39.9 Å². The number of ether oxygens (including phenoxy) is 1. The van der Waals surface area contributed by atoms with Crippen LogP contribution in [0.25, 0.3) is 0 Å². The number of sulfonamides is 1. The Morgan fingerprint density at radius 1 is 1.19 bits per heavy atom. The molecule has 1 aromatic carbocycles. The first-order valence-electron chi connectivity index (χ1n) is 7.30. The number of alkyl halides is 3. The quantitative estimate of drug-likeness (QED) is 0.490. The average Bonchev–Trinajstić information content (AvgIpc) is 2.55. The topological polar surface area (TPSA) is 96.5 Å². The van der Waals surface area contributed by atoms with E-state index in [0.717, 1.165) is 6.07 Å². The fraction of sp³-hybridized carbons (Fsp3) is 0.500. The molecule has 0 saturated heterocycles. The van der Waals surface area contributed by atoms with Gasteiger partial charge in [0.1, 0.15) is 6.54 Å². The van der Waals surface area contributed by atoms with Crippen LogP contribution in [0.1, 0.15) is 10.4 Å². The Hall–Kier alpha value is -1.40. The molecule has 0 heterocycles. The zero-order chi connectivity index (χ0) is 18.9. The Bertz CT molecular complexity index is 672. The molecule has 0 aromatic heterocycles. The van der Waals surface area contributed by atoms with E-state index in [9.17, 15) is 26.4 Å². The van der Waals surface area contributed by atoms with Gasteiger partial charge in [0.25, 0.3) is 5.91 Å². The van der Waals surface area contributed by atoms with Crippen LogP contribution in [0.4, 0.5) is 13.2 Å². The molecule has 0 aliphatic rings. The van der Waals surface area contributed by atoms with Crippen LogP contribution in [0, 0.1) is 0 Å². The second-order valence-corrected chi connectivity index (χ2v) is 6.73. The standard InChI is InChI=1S/C14H20F3N3O4S.ClH/c1-24-8-7-18-5-6-20-25(22,23)12-4-2-3-11(9-12)13(21)19-10-14(15,16)17;/h2-4,9,18,20H,5-8,10H2,1H3,(H,19,21);1H. The van der Waals surface area contributed by atoms with Crippen molar-refractivity contribution in [3.8, 4) is 0 Å². The molecule has 150 valence electrons. The number of methoxy groups -OCH3 is 1. The summed E-state index contributed by atoms with van der Waals surface area (Å²) >= 11 is 0. The molecule has 1 rings (SSSR count). The Kier molecular flexibility index (Phi) is 10.7. The number of hydrogen-bond acceptors (Lipinski definition) is 5. The first-order valence-corrected chi connectivity index (χ1v) is 8.78. The number of carbonyl (C=O) groups is 1. The van der Waals surface area contributed by atoms with Crippen LogP contribution in [0.15, 0.2) is 29.2 Å². The fourth-order valence-corrected chi connectivity index (χ4v) is 2.82. The highest BCUT2D eigenvalue weighted by molar-refractivity contribution is 7.89. The molecule has 0 saturated carbocycles. The van der Waals surface area contributed by atoms with Crippen LogP contribution in [0.2, 0.25) is 0 Å². The monoisotopic (exact) mass is 419 g/mol. The van der Waals surface area contributed by atoms with Gasteiger partial charge >= 0.3 is 6.18 Å². The largest absolute Gasteiger partial charge is 0.405 e. The zero-order valence-electron chi connectivity index (χ0n) is 13.9. The Morgan fingerprint density at radius 3 is 2.50 bits per heavy atom. The summed E-state index contributed by atoms with van der Waals surface area (Å²) in [7, 11) is -2.33. The third-order valence-corrected chi connectivity index (χ3v) is 4.39. The molecular formula is C14H21ClF3N3O4S. The summed E-state index contributed by atoms with van der Waals surface area (Å²) in [5.74, 6) is -1.00. The van der Waals surface area contributed by atoms with Gasteiger partial charge in [0.2, 0.25) is 10.0 Å². The van der Waals surface area contributed by atoms with E-state index < -0.39 is 28.7 Å². The van der Waals surface area contributed by atoms with Crippen molar-refractivity contribution < 1.29 is 31.1 Å². The molecular weight excluding hydrogens is 399 g/mol. The van der Waals surface area contributed by atoms with Crippen molar-refractivity contribution in [3.05, 3.63) is 29.8 Å². The Labute approximate surface area is 156 Å². The highest BCUT2D eigenvalue weighted by Crippen LogP contribution is 2.14. The van der Waals surface area contributed by atoms with Gasteiger partial charge in [-0.15, -0.1) is 12.4 Å². The van der Waals surface area contributed by atoms with Gasteiger partial charge in [-0.3, -0.25) is 4.79 Å². The van der Waals surface area contributed by atoms with E-state index in [0.29, 0.717) is 19.7 Å². The van der Waals surface area contributed by atoms with Gasteiger partial charge in [-0.05, 0) is 18.2 Å². The lowest BCUT2D eigenvalue weighted by Gasteiger charge is -2.10. The molecule has 1 aromatic rings.